The van der Waals surface area contributed by atoms with E-state index in [1.165, 1.54) is 4.90 Å². The molecule has 20 heteroatoms. The Balaban J connectivity index is 1.14. The van der Waals surface area contributed by atoms with Crippen molar-refractivity contribution in [3.63, 3.8) is 0 Å². The second kappa shape index (κ2) is 19.3. The topological polar surface area (TPSA) is 218 Å². The largest absolute Gasteiger partial charge is 0.497 e. The third-order valence-electron chi connectivity index (χ3n) is 13.1. The Kier molecular flexibility index (Phi) is 14.7. The Morgan fingerprint density at radius 3 is 2.52 bits per heavy atom. The Morgan fingerprint density at radius 2 is 1.84 bits per heavy atom. The quantitative estimate of drug-likeness (QED) is 0.104. The summed E-state index contributed by atoms with van der Waals surface area (Å²) in [4.78, 5) is 59.2. The number of hydrogen-bond acceptors (Lipinski definition) is 12. The molecule has 1 aromatic carbocycles. The van der Waals surface area contributed by atoms with Crippen molar-refractivity contribution in [3.05, 3.63) is 35.9 Å². The SMILES string of the molecule is COc1ccc2c(O[C@@H]3C[C@@H](C(N)=O)N(C(=O)[C@@H](NNC(=O)OC(C)(C)C(F)(F)F)[C@H](C)C[C@H](C)CC/C=C\[C@@H]4CCCC4C(=O)NS(=O)(=O)C4(C)CC4)C3)nc3c(c2c1)CCCO3. The molecule has 0 radical (unpaired) electrons. The highest BCUT2D eigenvalue weighted by Crippen LogP contribution is 2.43. The van der Waals surface area contributed by atoms with Crippen LogP contribution in [0.4, 0.5) is 18.0 Å². The molecule has 4 amide bonds. The molecule has 3 heterocycles. The average molecular weight is 923 g/mol. The Labute approximate surface area is 371 Å². The number of hydrazine groups is 1. The standard InChI is InChI=1S/C44H61F3N6O10S/c1-25(11-7-8-12-27-13-9-14-30(27)37(55)52-64(58,59)43(5)18-19-43)21-26(2)35(50-51-41(57)63-42(3,4)44(45,46)47)40(56)53-24-29(23-34(53)36(48)54)62-39-32-17-16-28(60-6)22-33(32)31-15-10-20-61-38(31)49-39/h8,12,16-17,22,25-27,29-30,34-35,50H,7,9-11,13-15,18-21,23-24H2,1-6H3,(H2,48,54)(H,51,57)(H,52,55)/b12-8-/t25-,26-,27-,29-,30?,34+,35+/m1/s1. The predicted octanol–water partition coefficient (Wildman–Crippen LogP) is 5.76. The van der Waals surface area contributed by atoms with Crippen molar-refractivity contribution in [2.45, 2.75) is 140 Å². The summed E-state index contributed by atoms with van der Waals surface area (Å²) in [6.45, 7) is 7.10. The second-order valence-electron chi connectivity index (χ2n) is 18.5. The third kappa shape index (κ3) is 11.0. The number of nitrogens with two attached hydrogens (primary N) is 1. The fourth-order valence-electron chi connectivity index (χ4n) is 8.78. The van der Waals surface area contributed by atoms with E-state index in [-0.39, 0.29) is 30.7 Å². The lowest BCUT2D eigenvalue weighted by Crippen LogP contribution is -2.59. The average Bonchev–Trinajstić information content (AvgIpc) is 3.60. The molecule has 354 valence electrons. The molecular weight excluding hydrogens is 862 g/mol. The summed E-state index contributed by atoms with van der Waals surface area (Å²) in [5.74, 6) is -1.80. The molecule has 64 heavy (non-hydrogen) atoms. The van der Waals surface area contributed by atoms with Crippen LogP contribution < -0.4 is 35.5 Å². The van der Waals surface area contributed by atoms with Crippen molar-refractivity contribution in [3.8, 4) is 17.5 Å². The summed E-state index contributed by atoms with van der Waals surface area (Å²) in [5.41, 5.74) is 8.65. The summed E-state index contributed by atoms with van der Waals surface area (Å²) < 4.78 is 90.0. The number of likely N-dealkylation sites (tertiary alicyclic amines) is 1. The van der Waals surface area contributed by atoms with Gasteiger partial charge in [0.2, 0.25) is 45.1 Å². The number of methoxy groups -OCH3 is 1. The highest BCUT2D eigenvalue weighted by molar-refractivity contribution is 7.91. The number of carbonyl (C=O) groups is 4. The fraction of sp³-hybridized carbons (Fsp3) is 0.659. The van der Waals surface area contributed by atoms with Gasteiger partial charge in [-0.1, -0.05) is 32.4 Å². The van der Waals surface area contributed by atoms with E-state index >= 15 is 0 Å². The minimum Gasteiger partial charge on any atom is -0.497 e. The van der Waals surface area contributed by atoms with Gasteiger partial charge in [-0.3, -0.25) is 24.5 Å². The van der Waals surface area contributed by atoms with Gasteiger partial charge in [-0.15, -0.1) is 0 Å². The second-order valence-corrected chi connectivity index (χ2v) is 20.7. The van der Waals surface area contributed by atoms with Crippen LogP contribution in [-0.2, 0) is 35.6 Å². The summed E-state index contributed by atoms with van der Waals surface area (Å²) in [6.07, 6.45) is 3.20. The number of fused-ring (bicyclic) bond motifs is 3. The number of pyridine rings is 1. The molecule has 0 bridgehead atoms. The van der Waals surface area contributed by atoms with Gasteiger partial charge in [0.15, 0.2) is 0 Å². The highest BCUT2D eigenvalue weighted by Gasteiger charge is 2.52. The van der Waals surface area contributed by atoms with Crippen LogP contribution in [0.25, 0.3) is 10.8 Å². The maximum atomic E-state index is 14.5. The number of allylic oxidation sites excluding steroid dienone is 2. The number of primary amides is 1. The van der Waals surface area contributed by atoms with Gasteiger partial charge < -0.3 is 29.6 Å². The number of aromatic nitrogens is 1. The smallest absolute Gasteiger partial charge is 0.427 e. The number of ether oxygens (including phenoxy) is 4. The van der Waals surface area contributed by atoms with E-state index in [1.54, 1.807) is 27.0 Å². The van der Waals surface area contributed by atoms with Crippen LogP contribution in [0.5, 0.6) is 17.5 Å². The van der Waals surface area contributed by atoms with Gasteiger partial charge >= 0.3 is 12.3 Å². The summed E-state index contributed by atoms with van der Waals surface area (Å²) in [7, 11) is -2.18. The number of carbonyl (C=O) groups excluding carboxylic acids is 4. The number of benzene rings is 1. The van der Waals surface area contributed by atoms with Crippen molar-refractivity contribution in [2.75, 3.05) is 20.3 Å². The molecule has 1 aromatic heterocycles. The molecule has 2 aliphatic heterocycles. The highest BCUT2D eigenvalue weighted by atomic mass is 32.2. The minimum atomic E-state index is -4.88. The van der Waals surface area contributed by atoms with E-state index in [2.05, 4.69) is 25.3 Å². The van der Waals surface area contributed by atoms with Gasteiger partial charge in [-0.05, 0) is 120 Å². The molecule has 7 atom stereocenters. The van der Waals surface area contributed by atoms with Crippen molar-refractivity contribution >= 4 is 44.6 Å². The van der Waals surface area contributed by atoms with Crippen molar-refractivity contribution in [1.29, 1.82) is 0 Å². The molecule has 5 N–H and O–H groups in total. The number of amides is 4. The van der Waals surface area contributed by atoms with Gasteiger partial charge in [-0.25, -0.2) is 18.6 Å². The number of alkyl halides is 3. The van der Waals surface area contributed by atoms with E-state index < -0.39 is 80.4 Å². The number of nitrogens with zero attached hydrogens (tertiary/aromatic N) is 2. The zero-order valence-corrected chi connectivity index (χ0v) is 38.0. The molecule has 0 spiro atoms. The van der Waals surface area contributed by atoms with E-state index in [4.69, 9.17) is 19.9 Å². The van der Waals surface area contributed by atoms with E-state index in [0.29, 0.717) is 76.0 Å². The van der Waals surface area contributed by atoms with Crippen LogP contribution in [0.3, 0.4) is 0 Å². The Morgan fingerprint density at radius 1 is 1.11 bits per heavy atom. The Bertz CT molecular complexity index is 2220. The van der Waals surface area contributed by atoms with Crippen LogP contribution in [-0.4, -0.2) is 97.1 Å². The number of nitrogens with one attached hydrogen (secondary N) is 3. The van der Waals surface area contributed by atoms with Gasteiger partial charge in [0.05, 0.1) is 25.0 Å². The normalized spacial score (nSPS) is 23.4. The maximum absolute atomic E-state index is 14.5. The van der Waals surface area contributed by atoms with E-state index in [0.717, 1.165) is 36.6 Å². The molecular formula is C44H61F3N6O10S. The van der Waals surface area contributed by atoms with E-state index in [9.17, 15) is 40.8 Å². The van der Waals surface area contributed by atoms with Crippen LogP contribution in [0.2, 0.25) is 0 Å². The van der Waals surface area contributed by atoms with Crippen LogP contribution >= 0.6 is 0 Å². The van der Waals surface area contributed by atoms with Crippen molar-refractivity contribution in [1.82, 2.24) is 25.5 Å². The van der Waals surface area contributed by atoms with Gasteiger partial charge in [0.1, 0.15) is 23.9 Å². The molecule has 2 aromatic rings. The van der Waals surface area contributed by atoms with Gasteiger partial charge in [-0.2, -0.15) is 18.2 Å². The number of aryl methyl sites for hydroxylation is 1. The molecule has 2 aliphatic carbocycles. The summed E-state index contributed by atoms with van der Waals surface area (Å²) in [6, 6.07) is 3.07. The third-order valence-corrected chi connectivity index (χ3v) is 15.3. The molecule has 16 nitrogen and oxygen atoms in total. The lowest BCUT2D eigenvalue weighted by Gasteiger charge is -2.33. The Hall–Kier alpha value is -4.85. The number of sulfonamides is 1. The monoisotopic (exact) mass is 922 g/mol. The summed E-state index contributed by atoms with van der Waals surface area (Å²) >= 11 is 0. The lowest BCUT2D eigenvalue weighted by atomic mass is 9.88. The van der Waals surface area contributed by atoms with Crippen molar-refractivity contribution in [2.24, 2.45) is 29.4 Å². The maximum Gasteiger partial charge on any atom is 0.427 e. The van der Waals surface area contributed by atoms with Crippen LogP contribution in [0.1, 0.15) is 104 Å². The minimum absolute atomic E-state index is 0.0100. The zero-order valence-electron chi connectivity index (χ0n) is 37.2. The first-order chi connectivity index (χ1) is 30.0. The molecule has 1 saturated heterocycles. The molecule has 1 unspecified atom stereocenters. The lowest BCUT2D eigenvalue weighted by molar-refractivity contribution is -0.244. The van der Waals surface area contributed by atoms with Crippen LogP contribution in [0.15, 0.2) is 30.4 Å². The van der Waals surface area contributed by atoms with E-state index in [1.807, 2.05) is 31.2 Å². The number of halogens is 3. The van der Waals surface area contributed by atoms with Gasteiger partial charge in [0.25, 0.3) is 0 Å². The van der Waals surface area contributed by atoms with Crippen LogP contribution in [0, 0.1) is 23.7 Å². The molecule has 4 aliphatic rings. The van der Waals surface area contributed by atoms with Crippen molar-refractivity contribution < 1.29 is 59.7 Å². The molecule has 6 rings (SSSR count). The fourth-order valence-corrected chi connectivity index (χ4v) is 10.1. The molecule has 2 saturated carbocycles. The summed E-state index contributed by atoms with van der Waals surface area (Å²) in [5, 5.41) is 1.50. The number of rotatable bonds is 18. The molecule has 3 fully saturated rings. The predicted molar refractivity (Wildman–Crippen MR) is 229 cm³/mol. The zero-order chi connectivity index (χ0) is 46.8. The number of hydrogen-bond donors (Lipinski definition) is 4. The first-order valence-electron chi connectivity index (χ1n) is 22.0. The van der Waals surface area contributed by atoms with Gasteiger partial charge in [0, 0.05) is 23.3 Å². The first-order valence-corrected chi connectivity index (χ1v) is 23.5. The first kappa shape index (κ1) is 48.6.